The number of hydrogen-bond donors (Lipinski definition) is 1. The van der Waals surface area contributed by atoms with Crippen molar-refractivity contribution in [3.8, 4) is 0 Å². The number of amides is 2. The molecule has 0 aromatic heterocycles. The predicted molar refractivity (Wildman–Crippen MR) is 74.3 cm³/mol. The van der Waals surface area contributed by atoms with Crippen LogP contribution in [0.2, 0.25) is 0 Å². The number of aryl methyl sites for hydroxylation is 2. The number of carboxylic acid groups (broad SMARTS) is 1. The van der Waals surface area contributed by atoms with Crippen molar-refractivity contribution in [3.63, 3.8) is 0 Å². The topological polar surface area (TPSA) is 83.9 Å². The van der Waals surface area contributed by atoms with Crippen LogP contribution in [0, 0.1) is 13.8 Å². The van der Waals surface area contributed by atoms with Crippen molar-refractivity contribution in [2.24, 2.45) is 0 Å². The summed E-state index contributed by atoms with van der Waals surface area (Å²) >= 11 is 0. The minimum absolute atomic E-state index is 0.0649. The molecule has 2 amide bonds. The van der Waals surface area contributed by atoms with Gasteiger partial charge in [-0.2, -0.15) is 0 Å². The molecular formula is C15H17NO5. The number of carbonyl (C=O) groups is 3. The second-order valence-corrected chi connectivity index (χ2v) is 5.07. The molecule has 0 aliphatic carbocycles. The van der Waals surface area contributed by atoms with Crippen LogP contribution in [0.3, 0.4) is 0 Å². The Kier molecular flexibility index (Phi) is 4.09. The molecule has 1 heterocycles. The number of ether oxygens (including phenoxy) is 1. The number of carboxylic acids is 1. The van der Waals surface area contributed by atoms with E-state index in [1.54, 1.807) is 26.0 Å². The molecule has 0 spiro atoms. The monoisotopic (exact) mass is 291 g/mol. The molecule has 1 unspecified atom stereocenters. The molecule has 1 aromatic rings. The molecule has 1 atom stereocenters. The normalized spacial score (nSPS) is 15.3. The molecule has 1 aliphatic rings. The lowest BCUT2D eigenvalue weighted by Gasteiger charge is -2.22. The van der Waals surface area contributed by atoms with Crippen LogP contribution < -0.4 is 0 Å². The smallest absolute Gasteiger partial charge is 0.327 e. The van der Waals surface area contributed by atoms with Crippen LogP contribution >= 0.6 is 0 Å². The third-order valence-corrected chi connectivity index (χ3v) is 3.68. The van der Waals surface area contributed by atoms with Gasteiger partial charge >= 0.3 is 5.97 Å². The summed E-state index contributed by atoms with van der Waals surface area (Å²) in [6.45, 7) is 3.62. The molecule has 0 saturated carbocycles. The standard InChI is InChI=1S/C15H17NO5/c1-8-4-5-9(2)12-11(8)13(17)16(14(12)18)10(15(19)20)6-7-21-3/h4-5,10H,6-7H2,1-3H3,(H,19,20). The molecule has 0 saturated heterocycles. The Labute approximate surface area is 122 Å². The van der Waals surface area contributed by atoms with Crippen molar-refractivity contribution in [1.29, 1.82) is 0 Å². The number of fused-ring (bicyclic) bond motifs is 1. The molecule has 1 aromatic carbocycles. The number of nitrogens with zero attached hydrogens (tertiary/aromatic N) is 1. The summed E-state index contributed by atoms with van der Waals surface area (Å²) < 4.78 is 4.86. The molecular weight excluding hydrogens is 274 g/mol. The van der Waals surface area contributed by atoms with Crippen LogP contribution in [0.15, 0.2) is 12.1 Å². The summed E-state index contributed by atoms with van der Waals surface area (Å²) in [5.74, 6) is -2.30. The fourth-order valence-corrected chi connectivity index (χ4v) is 2.57. The maximum atomic E-state index is 12.5. The SMILES string of the molecule is COCCC(C(=O)O)N1C(=O)c2c(C)ccc(C)c2C1=O. The van der Waals surface area contributed by atoms with Gasteiger partial charge in [-0.1, -0.05) is 12.1 Å². The van der Waals surface area contributed by atoms with Crippen molar-refractivity contribution < 1.29 is 24.2 Å². The second kappa shape index (κ2) is 5.65. The zero-order chi connectivity index (χ0) is 15.7. The van der Waals surface area contributed by atoms with Gasteiger partial charge < -0.3 is 9.84 Å². The van der Waals surface area contributed by atoms with E-state index in [0.29, 0.717) is 22.3 Å². The minimum atomic E-state index is -1.21. The van der Waals surface area contributed by atoms with Crippen LogP contribution in [-0.4, -0.2) is 47.5 Å². The van der Waals surface area contributed by atoms with E-state index >= 15 is 0 Å². The number of hydrogen-bond acceptors (Lipinski definition) is 4. The van der Waals surface area contributed by atoms with E-state index < -0.39 is 23.8 Å². The average molecular weight is 291 g/mol. The minimum Gasteiger partial charge on any atom is -0.480 e. The highest BCUT2D eigenvalue weighted by molar-refractivity contribution is 6.23. The van der Waals surface area contributed by atoms with Crippen molar-refractivity contribution >= 4 is 17.8 Å². The quantitative estimate of drug-likeness (QED) is 0.829. The summed E-state index contributed by atoms with van der Waals surface area (Å²) in [5, 5.41) is 9.31. The van der Waals surface area contributed by atoms with Crippen molar-refractivity contribution in [2.45, 2.75) is 26.3 Å². The predicted octanol–water partition coefficient (Wildman–Crippen LogP) is 1.39. The Hall–Kier alpha value is -2.21. The number of carbonyl (C=O) groups excluding carboxylic acids is 2. The molecule has 0 radical (unpaired) electrons. The summed E-state index contributed by atoms with van der Waals surface area (Å²) in [6, 6.07) is 2.30. The zero-order valence-electron chi connectivity index (χ0n) is 12.2. The molecule has 21 heavy (non-hydrogen) atoms. The Bertz CT molecular complexity index is 582. The summed E-state index contributed by atoms with van der Waals surface area (Å²) in [5.41, 5.74) is 1.96. The first-order valence-corrected chi connectivity index (χ1v) is 6.60. The first kappa shape index (κ1) is 15.2. The van der Waals surface area contributed by atoms with Gasteiger partial charge in [0.15, 0.2) is 0 Å². The Morgan fingerprint density at radius 3 is 2.05 bits per heavy atom. The fourth-order valence-electron chi connectivity index (χ4n) is 2.57. The highest BCUT2D eigenvalue weighted by Gasteiger charge is 2.44. The maximum Gasteiger partial charge on any atom is 0.327 e. The molecule has 1 aliphatic heterocycles. The average Bonchev–Trinajstić information content (AvgIpc) is 2.69. The number of imide groups is 1. The van der Waals surface area contributed by atoms with Crippen LogP contribution in [0.25, 0.3) is 0 Å². The number of rotatable bonds is 5. The van der Waals surface area contributed by atoms with E-state index in [9.17, 15) is 19.5 Å². The van der Waals surface area contributed by atoms with Gasteiger partial charge in [-0.05, 0) is 25.0 Å². The largest absolute Gasteiger partial charge is 0.480 e. The van der Waals surface area contributed by atoms with Gasteiger partial charge in [-0.15, -0.1) is 0 Å². The van der Waals surface area contributed by atoms with E-state index in [4.69, 9.17) is 4.74 Å². The van der Waals surface area contributed by atoms with Gasteiger partial charge in [0, 0.05) is 20.1 Å². The first-order valence-electron chi connectivity index (χ1n) is 6.60. The van der Waals surface area contributed by atoms with Crippen LogP contribution in [0.1, 0.15) is 38.3 Å². The number of methoxy groups -OCH3 is 1. The zero-order valence-corrected chi connectivity index (χ0v) is 12.2. The van der Waals surface area contributed by atoms with E-state index in [2.05, 4.69) is 0 Å². The lowest BCUT2D eigenvalue weighted by Crippen LogP contribution is -2.45. The van der Waals surface area contributed by atoms with Crippen LogP contribution in [0.4, 0.5) is 0 Å². The van der Waals surface area contributed by atoms with E-state index in [1.807, 2.05) is 0 Å². The molecule has 112 valence electrons. The van der Waals surface area contributed by atoms with E-state index in [0.717, 1.165) is 4.90 Å². The van der Waals surface area contributed by atoms with Gasteiger partial charge in [0.25, 0.3) is 11.8 Å². The van der Waals surface area contributed by atoms with Crippen molar-refractivity contribution in [3.05, 3.63) is 34.4 Å². The first-order chi connectivity index (χ1) is 9.90. The maximum absolute atomic E-state index is 12.5. The highest BCUT2D eigenvalue weighted by Crippen LogP contribution is 2.30. The van der Waals surface area contributed by atoms with E-state index in [-0.39, 0.29) is 13.0 Å². The number of benzene rings is 1. The molecule has 1 N–H and O–H groups in total. The van der Waals surface area contributed by atoms with E-state index in [1.165, 1.54) is 7.11 Å². The molecule has 2 rings (SSSR count). The number of aliphatic carboxylic acids is 1. The summed E-state index contributed by atoms with van der Waals surface area (Å²) in [6.07, 6.45) is 0.0649. The van der Waals surface area contributed by atoms with Gasteiger partial charge in [0.1, 0.15) is 6.04 Å². The highest BCUT2D eigenvalue weighted by atomic mass is 16.5. The molecule has 6 nitrogen and oxygen atoms in total. The summed E-state index contributed by atoms with van der Waals surface area (Å²) in [7, 11) is 1.44. The summed E-state index contributed by atoms with van der Waals surface area (Å²) in [4.78, 5) is 37.2. The van der Waals surface area contributed by atoms with Gasteiger partial charge in [-0.25, -0.2) is 4.79 Å². The Morgan fingerprint density at radius 1 is 1.19 bits per heavy atom. The Morgan fingerprint density at radius 2 is 1.67 bits per heavy atom. The third kappa shape index (κ3) is 2.42. The van der Waals surface area contributed by atoms with Gasteiger partial charge in [0.05, 0.1) is 11.1 Å². The molecule has 0 fully saturated rings. The van der Waals surface area contributed by atoms with Crippen LogP contribution in [0.5, 0.6) is 0 Å². The lowest BCUT2D eigenvalue weighted by atomic mass is 9.99. The second-order valence-electron chi connectivity index (χ2n) is 5.07. The van der Waals surface area contributed by atoms with Crippen molar-refractivity contribution in [1.82, 2.24) is 4.90 Å². The van der Waals surface area contributed by atoms with Crippen molar-refractivity contribution in [2.75, 3.05) is 13.7 Å². The Balaban J connectivity index is 2.47. The third-order valence-electron chi connectivity index (χ3n) is 3.68. The van der Waals surface area contributed by atoms with Crippen LogP contribution in [-0.2, 0) is 9.53 Å². The van der Waals surface area contributed by atoms with Gasteiger partial charge in [0.2, 0.25) is 0 Å². The molecule has 0 bridgehead atoms. The van der Waals surface area contributed by atoms with Gasteiger partial charge in [-0.3, -0.25) is 14.5 Å². The fraction of sp³-hybridized carbons (Fsp3) is 0.400. The lowest BCUT2D eigenvalue weighted by molar-refractivity contribution is -0.142. The molecule has 6 heteroatoms.